The van der Waals surface area contributed by atoms with E-state index in [1.54, 1.807) is 7.11 Å². The Morgan fingerprint density at radius 2 is 1.40 bits per heavy atom. The van der Waals surface area contributed by atoms with Crippen LogP contribution in [0.5, 0.6) is 0 Å². The zero-order chi connectivity index (χ0) is 11.2. The van der Waals surface area contributed by atoms with Crippen molar-refractivity contribution in [2.45, 2.75) is 25.7 Å². The molecule has 0 bridgehead atoms. The molecule has 0 rings (SSSR count). The number of alkyl halides is 1. The van der Waals surface area contributed by atoms with Crippen LogP contribution in [0.15, 0.2) is 0 Å². The number of unbranched alkanes of at least 4 members (excludes halogenated alkanes) is 2. The van der Waals surface area contributed by atoms with Crippen LogP contribution in [0.25, 0.3) is 0 Å². The van der Waals surface area contributed by atoms with Crippen LogP contribution in [-0.2, 0) is 14.2 Å². The average molecular weight is 283 g/mol. The van der Waals surface area contributed by atoms with E-state index in [0.29, 0.717) is 13.2 Å². The lowest BCUT2D eigenvalue weighted by Crippen LogP contribution is -2.06. The van der Waals surface area contributed by atoms with Gasteiger partial charge in [-0.05, 0) is 19.3 Å². The maximum atomic E-state index is 5.46. The van der Waals surface area contributed by atoms with E-state index in [4.69, 9.17) is 14.2 Å². The molecular formula is C11H23BrO3. The van der Waals surface area contributed by atoms with Gasteiger partial charge < -0.3 is 14.2 Å². The summed E-state index contributed by atoms with van der Waals surface area (Å²) in [4.78, 5) is 0. The van der Waals surface area contributed by atoms with E-state index in [-0.39, 0.29) is 0 Å². The molecule has 4 heteroatoms. The first-order chi connectivity index (χ1) is 7.41. The quantitative estimate of drug-likeness (QED) is 0.407. The molecule has 0 aliphatic heterocycles. The van der Waals surface area contributed by atoms with Crippen LogP contribution in [0.2, 0.25) is 0 Å². The van der Waals surface area contributed by atoms with Crippen LogP contribution in [0.1, 0.15) is 25.7 Å². The normalized spacial score (nSPS) is 10.8. The Bertz CT molecular complexity index is 100. The van der Waals surface area contributed by atoms with Crippen molar-refractivity contribution in [2.24, 2.45) is 0 Å². The van der Waals surface area contributed by atoms with E-state index >= 15 is 0 Å². The Balaban J connectivity index is 2.81. The van der Waals surface area contributed by atoms with Crippen molar-refractivity contribution < 1.29 is 14.2 Å². The van der Waals surface area contributed by atoms with E-state index < -0.39 is 0 Å². The van der Waals surface area contributed by atoms with E-state index in [2.05, 4.69) is 15.9 Å². The summed E-state index contributed by atoms with van der Waals surface area (Å²) in [6.07, 6.45) is 4.62. The summed E-state index contributed by atoms with van der Waals surface area (Å²) in [6.45, 7) is 3.81. The van der Waals surface area contributed by atoms with Crippen molar-refractivity contribution in [1.82, 2.24) is 0 Å². The molecule has 0 amide bonds. The summed E-state index contributed by atoms with van der Waals surface area (Å²) in [5.41, 5.74) is 0. The lowest BCUT2D eigenvalue weighted by Gasteiger charge is -2.05. The van der Waals surface area contributed by atoms with Crippen molar-refractivity contribution in [3.05, 3.63) is 0 Å². The minimum Gasteiger partial charge on any atom is -0.382 e. The summed E-state index contributed by atoms with van der Waals surface area (Å²) in [5, 5.41) is 1.10. The molecule has 0 spiro atoms. The topological polar surface area (TPSA) is 27.7 Å². The highest BCUT2D eigenvalue weighted by Crippen LogP contribution is 1.98. The van der Waals surface area contributed by atoms with Crippen LogP contribution in [0, 0.1) is 0 Å². The van der Waals surface area contributed by atoms with Gasteiger partial charge in [0, 0.05) is 32.3 Å². The van der Waals surface area contributed by atoms with E-state index in [1.165, 1.54) is 12.8 Å². The molecule has 0 N–H and O–H groups in total. The van der Waals surface area contributed by atoms with Crippen molar-refractivity contribution in [1.29, 1.82) is 0 Å². The average Bonchev–Trinajstić information content (AvgIpc) is 2.26. The number of ether oxygens (including phenoxy) is 3. The third-order valence-corrected chi connectivity index (χ3v) is 2.49. The van der Waals surface area contributed by atoms with Gasteiger partial charge >= 0.3 is 0 Å². The van der Waals surface area contributed by atoms with Gasteiger partial charge in [-0.15, -0.1) is 0 Å². The van der Waals surface area contributed by atoms with Gasteiger partial charge in [-0.25, -0.2) is 0 Å². The number of hydrogen-bond donors (Lipinski definition) is 0. The molecular weight excluding hydrogens is 260 g/mol. The maximum absolute atomic E-state index is 5.46. The fourth-order valence-corrected chi connectivity index (χ4v) is 1.48. The minimum absolute atomic E-state index is 0.674. The molecule has 3 nitrogen and oxygen atoms in total. The molecule has 0 saturated heterocycles. The van der Waals surface area contributed by atoms with Gasteiger partial charge in [-0.3, -0.25) is 0 Å². The van der Waals surface area contributed by atoms with Gasteiger partial charge in [-0.1, -0.05) is 22.4 Å². The standard InChI is InChI=1S/C11H23BrO3/c1-13-10-11-15-9-5-8-14-7-4-2-3-6-12/h2-11H2,1H3. The van der Waals surface area contributed by atoms with Crippen molar-refractivity contribution in [3.8, 4) is 0 Å². The molecule has 0 aliphatic rings. The third-order valence-electron chi connectivity index (χ3n) is 1.93. The molecule has 0 radical (unpaired) electrons. The zero-order valence-electron chi connectivity index (χ0n) is 9.67. The van der Waals surface area contributed by atoms with Crippen molar-refractivity contribution in [3.63, 3.8) is 0 Å². The van der Waals surface area contributed by atoms with Gasteiger partial charge in [-0.2, -0.15) is 0 Å². The van der Waals surface area contributed by atoms with Crippen LogP contribution < -0.4 is 0 Å². The van der Waals surface area contributed by atoms with Gasteiger partial charge in [0.25, 0.3) is 0 Å². The van der Waals surface area contributed by atoms with Gasteiger partial charge in [0.1, 0.15) is 0 Å². The van der Waals surface area contributed by atoms with Crippen LogP contribution in [-0.4, -0.2) is 45.5 Å². The van der Waals surface area contributed by atoms with Gasteiger partial charge in [0.15, 0.2) is 0 Å². The highest BCUT2D eigenvalue weighted by molar-refractivity contribution is 9.09. The second kappa shape index (κ2) is 14.4. The van der Waals surface area contributed by atoms with Crippen LogP contribution in [0.4, 0.5) is 0 Å². The lowest BCUT2D eigenvalue weighted by atomic mass is 10.3. The SMILES string of the molecule is COCCOCCCOCCCCCBr. The zero-order valence-corrected chi connectivity index (χ0v) is 11.3. The molecule has 0 atom stereocenters. The summed E-state index contributed by atoms with van der Waals surface area (Å²) >= 11 is 3.41. The van der Waals surface area contributed by atoms with E-state index in [0.717, 1.165) is 38.0 Å². The summed E-state index contributed by atoms with van der Waals surface area (Å²) in [7, 11) is 1.68. The monoisotopic (exact) mass is 282 g/mol. The van der Waals surface area contributed by atoms with Gasteiger partial charge in [0.2, 0.25) is 0 Å². The Kier molecular flexibility index (Phi) is 14.7. The molecule has 0 aliphatic carbocycles. The molecule has 0 saturated carbocycles. The first-order valence-electron chi connectivity index (χ1n) is 5.62. The highest BCUT2D eigenvalue weighted by atomic mass is 79.9. The maximum Gasteiger partial charge on any atom is 0.0700 e. The Labute approximate surface area is 102 Å². The second-order valence-electron chi connectivity index (χ2n) is 3.32. The fraction of sp³-hybridized carbons (Fsp3) is 1.00. The molecule has 0 aromatic rings. The van der Waals surface area contributed by atoms with Crippen LogP contribution in [0.3, 0.4) is 0 Å². The van der Waals surface area contributed by atoms with E-state index in [9.17, 15) is 0 Å². The second-order valence-corrected chi connectivity index (χ2v) is 4.11. The Morgan fingerprint density at radius 3 is 2.07 bits per heavy atom. The molecule has 92 valence electrons. The van der Waals surface area contributed by atoms with Gasteiger partial charge in [0.05, 0.1) is 13.2 Å². The lowest BCUT2D eigenvalue weighted by molar-refractivity contribution is 0.0509. The molecule has 0 unspecified atom stereocenters. The number of methoxy groups -OCH3 is 1. The Morgan fingerprint density at radius 1 is 0.733 bits per heavy atom. The molecule has 0 aromatic heterocycles. The number of halogens is 1. The molecule has 15 heavy (non-hydrogen) atoms. The highest BCUT2D eigenvalue weighted by Gasteiger charge is 1.91. The van der Waals surface area contributed by atoms with Crippen molar-refractivity contribution in [2.75, 3.05) is 45.5 Å². The predicted molar refractivity (Wildman–Crippen MR) is 65.8 cm³/mol. The third kappa shape index (κ3) is 14.4. The summed E-state index contributed by atoms with van der Waals surface area (Å²) in [5.74, 6) is 0. The first-order valence-corrected chi connectivity index (χ1v) is 6.74. The Hall–Kier alpha value is 0.360. The summed E-state index contributed by atoms with van der Waals surface area (Å²) < 4.78 is 15.6. The first kappa shape index (κ1) is 15.4. The molecule has 0 heterocycles. The number of rotatable bonds is 12. The predicted octanol–water partition coefficient (Wildman–Crippen LogP) is 2.62. The minimum atomic E-state index is 0.674. The van der Waals surface area contributed by atoms with E-state index in [1.807, 2.05) is 0 Å². The largest absolute Gasteiger partial charge is 0.382 e. The smallest absolute Gasteiger partial charge is 0.0700 e. The number of hydrogen-bond acceptors (Lipinski definition) is 3. The molecule has 0 aromatic carbocycles. The van der Waals surface area contributed by atoms with Crippen molar-refractivity contribution >= 4 is 15.9 Å². The van der Waals surface area contributed by atoms with Crippen LogP contribution >= 0.6 is 15.9 Å². The summed E-state index contributed by atoms with van der Waals surface area (Å²) in [6, 6.07) is 0. The molecule has 0 fully saturated rings. The fourth-order valence-electron chi connectivity index (χ4n) is 1.08.